The summed E-state index contributed by atoms with van der Waals surface area (Å²) in [5.41, 5.74) is 2.28. The Bertz CT molecular complexity index is 960. The number of nitrogens with zero attached hydrogens (tertiary/aromatic N) is 2. The molecular weight excluding hydrogens is 480 g/mol. The standard InChI is InChI=1S/C31H52N2O3S/c1-8-9-10-11-12-13-14-15-16-17-19-37-20-18-27-32-33(29(35)36-27)23-24-21-25(30(2,3)4)28(34)26(22-24)31(5,6)7/h21-22,34H,8-20,23H2,1-7H3. The largest absolute Gasteiger partial charge is 0.507 e. The van der Waals surface area contributed by atoms with Crippen molar-refractivity contribution in [1.82, 2.24) is 9.78 Å². The van der Waals surface area contributed by atoms with Crippen LogP contribution in [0.25, 0.3) is 0 Å². The summed E-state index contributed by atoms with van der Waals surface area (Å²) in [5.74, 6) is 2.50. The summed E-state index contributed by atoms with van der Waals surface area (Å²) in [7, 11) is 0. The Morgan fingerprint density at radius 3 is 1.86 bits per heavy atom. The van der Waals surface area contributed by atoms with Gasteiger partial charge in [0.15, 0.2) is 0 Å². The van der Waals surface area contributed by atoms with Crippen molar-refractivity contribution in [3.8, 4) is 5.75 Å². The van der Waals surface area contributed by atoms with Gasteiger partial charge in [-0.25, -0.2) is 4.79 Å². The van der Waals surface area contributed by atoms with Gasteiger partial charge in [-0.3, -0.25) is 0 Å². The van der Waals surface area contributed by atoms with Crippen LogP contribution in [-0.2, 0) is 23.8 Å². The molecule has 1 aromatic carbocycles. The molecule has 210 valence electrons. The molecule has 2 aromatic rings. The lowest BCUT2D eigenvalue weighted by atomic mass is 9.78. The average Bonchev–Trinajstić information content (AvgIpc) is 3.15. The second kappa shape index (κ2) is 15.0. The number of aryl methyl sites for hydroxylation is 1. The summed E-state index contributed by atoms with van der Waals surface area (Å²) >= 11 is 1.92. The van der Waals surface area contributed by atoms with Gasteiger partial charge < -0.3 is 9.52 Å². The van der Waals surface area contributed by atoms with Crippen LogP contribution in [0.5, 0.6) is 5.75 Å². The molecule has 0 bridgehead atoms. The number of aromatic nitrogens is 2. The molecule has 0 spiro atoms. The maximum Gasteiger partial charge on any atom is 0.437 e. The molecule has 0 fully saturated rings. The number of thioether (sulfide) groups is 1. The molecule has 0 radical (unpaired) electrons. The fourth-order valence-corrected chi connectivity index (χ4v) is 5.54. The normalized spacial score (nSPS) is 12.4. The number of phenols is 1. The molecule has 0 aliphatic carbocycles. The van der Waals surface area contributed by atoms with Crippen molar-refractivity contribution in [1.29, 1.82) is 0 Å². The van der Waals surface area contributed by atoms with Crippen LogP contribution in [0.1, 0.15) is 135 Å². The topological polar surface area (TPSA) is 68.3 Å². The molecule has 2 rings (SSSR count). The maximum absolute atomic E-state index is 12.5. The fraction of sp³-hybridized carbons (Fsp3) is 0.742. The second-order valence-corrected chi connectivity index (χ2v) is 13.7. The predicted octanol–water partition coefficient (Wildman–Crippen LogP) is 8.38. The van der Waals surface area contributed by atoms with Crippen LogP contribution >= 0.6 is 11.8 Å². The number of phenolic OH excluding ortho intramolecular Hbond substituents is 1. The van der Waals surface area contributed by atoms with Crippen LogP contribution in [0.15, 0.2) is 21.3 Å². The molecule has 0 aliphatic heterocycles. The minimum absolute atomic E-state index is 0.217. The maximum atomic E-state index is 12.5. The van der Waals surface area contributed by atoms with E-state index in [1.807, 2.05) is 23.9 Å². The SMILES string of the molecule is CCCCCCCCCCCCSCCc1nn(Cc2cc(C(C)(C)C)c(O)c(C(C)(C)C)c2)c(=O)o1. The average molecular weight is 533 g/mol. The highest BCUT2D eigenvalue weighted by atomic mass is 32.2. The van der Waals surface area contributed by atoms with Gasteiger partial charge >= 0.3 is 5.76 Å². The molecule has 0 unspecified atom stereocenters. The molecule has 5 nitrogen and oxygen atoms in total. The van der Waals surface area contributed by atoms with Gasteiger partial charge in [0.1, 0.15) is 5.75 Å². The summed E-state index contributed by atoms with van der Waals surface area (Å²) < 4.78 is 6.86. The second-order valence-electron chi connectivity index (χ2n) is 12.5. The van der Waals surface area contributed by atoms with E-state index in [2.05, 4.69) is 53.6 Å². The lowest BCUT2D eigenvalue weighted by molar-refractivity contribution is 0.422. The summed E-state index contributed by atoms with van der Waals surface area (Å²) in [6, 6.07) is 3.99. The van der Waals surface area contributed by atoms with E-state index in [1.165, 1.54) is 68.9 Å². The fourth-order valence-electron chi connectivity index (χ4n) is 4.61. The van der Waals surface area contributed by atoms with E-state index in [-0.39, 0.29) is 10.8 Å². The Kier molecular flexibility index (Phi) is 12.8. The van der Waals surface area contributed by atoms with E-state index >= 15 is 0 Å². The molecular formula is C31H52N2O3S. The number of hydrogen-bond donors (Lipinski definition) is 1. The molecule has 6 heteroatoms. The minimum Gasteiger partial charge on any atom is -0.507 e. The van der Waals surface area contributed by atoms with Gasteiger partial charge in [0.25, 0.3) is 0 Å². The van der Waals surface area contributed by atoms with Crippen LogP contribution in [0, 0.1) is 0 Å². The van der Waals surface area contributed by atoms with Crippen molar-refractivity contribution < 1.29 is 9.52 Å². The minimum atomic E-state index is -0.419. The van der Waals surface area contributed by atoms with E-state index in [9.17, 15) is 9.90 Å². The van der Waals surface area contributed by atoms with Crippen molar-refractivity contribution in [2.45, 2.75) is 136 Å². The number of unbranched alkanes of at least 4 members (excludes halogenated alkanes) is 9. The first-order valence-corrected chi connectivity index (χ1v) is 15.6. The Labute approximate surface area is 229 Å². The van der Waals surface area contributed by atoms with E-state index < -0.39 is 5.76 Å². The van der Waals surface area contributed by atoms with E-state index in [1.54, 1.807) is 0 Å². The predicted molar refractivity (Wildman–Crippen MR) is 158 cm³/mol. The Hall–Kier alpha value is -1.69. The van der Waals surface area contributed by atoms with Crippen molar-refractivity contribution in [2.75, 3.05) is 11.5 Å². The lowest BCUT2D eigenvalue weighted by Crippen LogP contribution is -2.20. The smallest absolute Gasteiger partial charge is 0.437 e. The first kappa shape index (κ1) is 31.5. The molecule has 0 atom stereocenters. The number of hydrogen-bond acceptors (Lipinski definition) is 5. The van der Waals surface area contributed by atoms with Gasteiger partial charge in [-0.15, -0.1) is 5.10 Å². The number of benzene rings is 1. The van der Waals surface area contributed by atoms with Gasteiger partial charge in [0, 0.05) is 12.2 Å². The highest BCUT2D eigenvalue weighted by Gasteiger charge is 2.26. The van der Waals surface area contributed by atoms with E-state index in [0.29, 0.717) is 24.6 Å². The molecule has 1 heterocycles. The first-order chi connectivity index (χ1) is 17.4. The highest BCUT2D eigenvalue weighted by molar-refractivity contribution is 7.99. The number of aromatic hydroxyl groups is 1. The molecule has 0 aliphatic rings. The van der Waals surface area contributed by atoms with Crippen LogP contribution < -0.4 is 5.76 Å². The van der Waals surface area contributed by atoms with Crippen LogP contribution in [0.4, 0.5) is 0 Å². The number of rotatable bonds is 16. The van der Waals surface area contributed by atoms with Crippen molar-refractivity contribution >= 4 is 11.8 Å². The zero-order valence-corrected chi connectivity index (χ0v) is 25.4. The zero-order chi connectivity index (χ0) is 27.5. The van der Waals surface area contributed by atoms with Gasteiger partial charge in [-0.2, -0.15) is 16.4 Å². The van der Waals surface area contributed by atoms with Gasteiger partial charge in [0.05, 0.1) is 6.54 Å². The van der Waals surface area contributed by atoms with E-state index in [4.69, 9.17) is 4.42 Å². The Balaban J connectivity index is 1.81. The molecule has 1 N–H and O–H groups in total. The molecule has 37 heavy (non-hydrogen) atoms. The Morgan fingerprint density at radius 1 is 0.838 bits per heavy atom. The first-order valence-electron chi connectivity index (χ1n) is 14.4. The van der Waals surface area contributed by atoms with Crippen LogP contribution in [0.3, 0.4) is 0 Å². The Morgan fingerprint density at radius 2 is 1.35 bits per heavy atom. The monoisotopic (exact) mass is 532 g/mol. The van der Waals surface area contributed by atoms with Crippen molar-refractivity contribution in [3.05, 3.63) is 45.3 Å². The molecule has 0 saturated carbocycles. The summed E-state index contributed by atoms with van der Waals surface area (Å²) in [4.78, 5) is 12.5. The third-order valence-corrected chi connectivity index (χ3v) is 7.94. The highest BCUT2D eigenvalue weighted by Crippen LogP contribution is 2.39. The molecule has 1 aromatic heterocycles. The zero-order valence-electron chi connectivity index (χ0n) is 24.6. The summed E-state index contributed by atoms with van der Waals surface area (Å²) in [5, 5.41) is 15.4. The van der Waals surface area contributed by atoms with Crippen LogP contribution in [0.2, 0.25) is 0 Å². The summed E-state index contributed by atoms with van der Waals surface area (Å²) in [6.07, 6.45) is 14.2. The van der Waals surface area contributed by atoms with Crippen molar-refractivity contribution in [2.24, 2.45) is 0 Å². The van der Waals surface area contributed by atoms with Gasteiger partial charge in [-0.1, -0.05) is 106 Å². The van der Waals surface area contributed by atoms with Gasteiger partial charge in [0.2, 0.25) is 5.89 Å². The van der Waals surface area contributed by atoms with Gasteiger partial charge in [-0.05, 0) is 51.8 Å². The third kappa shape index (κ3) is 10.9. The van der Waals surface area contributed by atoms with E-state index in [0.717, 1.165) is 28.2 Å². The third-order valence-electron chi connectivity index (χ3n) is 6.87. The summed E-state index contributed by atoms with van der Waals surface area (Å²) in [6.45, 7) is 15.1. The molecule has 0 saturated heterocycles. The lowest BCUT2D eigenvalue weighted by Gasteiger charge is -2.28. The quantitative estimate of drug-likeness (QED) is 0.220. The van der Waals surface area contributed by atoms with Crippen molar-refractivity contribution in [3.63, 3.8) is 0 Å². The molecule has 0 amide bonds. The van der Waals surface area contributed by atoms with Crippen LogP contribution in [-0.4, -0.2) is 26.4 Å².